The van der Waals surface area contributed by atoms with Crippen molar-refractivity contribution >= 4 is 5.91 Å². The Hall–Kier alpha value is -2.45. The molecular weight excluding hydrogens is 384 g/mol. The first-order valence-electron chi connectivity index (χ1n) is 10.1. The fourth-order valence-corrected chi connectivity index (χ4v) is 3.83. The summed E-state index contributed by atoms with van der Waals surface area (Å²) >= 11 is 0. The highest BCUT2D eigenvalue weighted by Gasteiger charge is 2.45. The van der Waals surface area contributed by atoms with Crippen molar-refractivity contribution in [3.63, 3.8) is 0 Å². The molecule has 0 spiro atoms. The smallest absolute Gasteiger partial charge is 0.251 e. The summed E-state index contributed by atoms with van der Waals surface area (Å²) in [5.74, 6) is 0.452. The van der Waals surface area contributed by atoms with E-state index in [-0.39, 0.29) is 25.1 Å². The fourth-order valence-electron chi connectivity index (χ4n) is 3.83. The number of methoxy groups -OCH3 is 1. The molecule has 2 aromatic rings. The number of amides is 1. The topological polar surface area (TPSA) is 91.3 Å². The van der Waals surface area contributed by atoms with E-state index in [9.17, 15) is 15.0 Å². The van der Waals surface area contributed by atoms with Gasteiger partial charge in [0.1, 0.15) is 18.0 Å². The van der Waals surface area contributed by atoms with Crippen LogP contribution in [0.1, 0.15) is 15.9 Å². The van der Waals surface area contributed by atoms with E-state index in [4.69, 9.17) is 9.47 Å². The Labute approximate surface area is 177 Å². The second-order valence-electron chi connectivity index (χ2n) is 7.53. The third-order valence-corrected chi connectivity index (χ3v) is 5.56. The Morgan fingerprint density at radius 2 is 1.83 bits per heavy atom. The SMILES string of the molecule is COc1ccc(C(=O)NC[C@H]2O[C@@H](CO)[C@@H](O)[C@H]2N(C)CCc2ccccc2)cc1. The Morgan fingerprint density at radius 3 is 2.47 bits per heavy atom. The third kappa shape index (κ3) is 5.37. The molecule has 3 N–H and O–H groups in total. The summed E-state index contributed by atoms with van der Waals surface area (Å²) in [6, 6.07) is 16.6. The largest absolute Gasteiger partial charge is 0.497 e. The fraction of sp³-hybridized carbons (Fsp3) is 0.435. The lowest BCUT2D eigenvalue weighted by Gasteiger charge is -2.30. The van der Waals surface area contributed by atoms with E-state index in [1.807, 2.05) is 30.1 Å². The molecule has 1 heterocycles. The second kappa shape index (κ2) is 10.5. The van der Waals surface area contributed by atoms with Crippen LogP contribution in [0.25, 0.3) is 0 Å². The minimum Gasteiger partial charge on any atom is -0.497 e. The maximum Gasteiger partial charge on any atom is 0.251 e. The lowest BCUT2D eigenvalue weighted by atomic mass is 10.0. The van der Waals surface area contributed by atoms with Crippen LogP contribution in [0, 0.1) is 0 Å². The molecule has 1 amide bonds. The molecule has 3 rings (SSSR count). The monoisotopic (exact) mass is 414 g/mol. The minimum atomic E-state index is -0.835. The summed E-state index contributed by atoms with van der Waals surface area (Å²) in [6.45, 7) is 0.683. The summed E-state index contributed by atoms with van der Waals surface area (Å²) < 4.78 is 11.0. The van der Waals surface area contributed by atoms with Crippen LogP contribution in [-0.4, -0.2) is 79.2 Å². The van der Waals surface area contributed by atoms with E-state index >= 15 is 0 Å². The van der Waals surface area contributed by atoms with Gasteiger partial charge in [-0.25, -0.2) is 0 Å². The van der Waals surface area contributed by atoms with Crippen molar-refractivity contribution in [2.75, 3.05) is 33.9 Å². The van der Waals surface area contributed by atoms with Gasteiger partial charge in [0, 0.05) is 18.7 Å². The van der Waals surface area contributed by atoms with Gasteiger partial charge in [-0.3, -0.25) is 9.69 Å². The Bertz CT molecular complexity index is 799. The first-order chi connectivity index (χ1) is 14.5. The van der Waals surface area contributed by atoms with Gasteiger partial charge in [0.2, 0.25) is 0 Å². The molecule has 0 radical (unpaired) electrons. The lowest BCUT2D eigenvalue weighted by Crippen LogP contribution is -2.50. The number of aliphatic hydroxyl groups excluding tert-OH is 2. The zero-order valence-electron chi connectivity index (χ0n) is 17.4. The molecular formula is C23H30N2O5. The number of benzene rings is 2. The van der Waals surface area contributed by atoms with Crippen LogP contribution in [0.4, 0.5) is 0 Å². The van der Waals surface area contributed by atoms with E-state index < -0.39 is 18.3 Å². The van der Waals surface area contributed by atoms with Crippen molar-refractivity contribution in [1.29, 1.82) is 0 Å². The van der Waals surface area contributed by atoms with Crippen molar-refractivity contribution < 1.29 is 24.5 Å². The molecule has 7 heteroatoms. The average Bonchev–Trinajstić information content (AvgIpc) is 3.11. The number of hydrogen-bond acceptors (Lipinski definition) is 6. The number of nitrogens with zero attached hydrogens (tertiary/aromatic N) is 1. The van der Waals surface area contributed by atoms with Gasteiger partial charge in [0.25, 0.3) is 5.91 Å². The van der Waals surface area contributed by atoms with Crippen molar-refractivity contribution in [2.45, 2.75) is 30.8 Å². The summed E-state index contributed by atoms with van der Waals surface area (Å²) in [6.07, 6.45) is -1.11. The second-order valence-corrected chi connectivity index (χ2v) is 7.53. The van der Waals surface area contributed by atoms with Gasteiger partial charge in [0.15, 0.2) is 0 Å². The Kier molecular flexibility index (Phi) is 7.81. The third-order valence-electron chi connectivity index (χ3n) is 5.56. The average molecular weight is 415 g/mol. The zero-order chi connectivity index (χ0) is 21.5. The molecule has 0 aromatic heterocycles. The first kappa shape index (κ1) is 22.2. The predicted molar refractivity (Wildman–Crippen MR) is 114 cm³/mol. The standard InChI is InChI=1S/C23H30N2O5/c1-25(13-12-16-6-4-3-5-7-16)21-19(30-20(15-26)22(21)27)14-24-23(28)17-8-10-18(29-2)11-9-17/h3-11,19-22,26-27H,12-15H2,1-2H3,(H,24,28)/t19-,20+,21+,22-/m1/s1. The maximum atomic E-state index is 12.5. The summed E-state index contributed by atoms with van der Waals surface area (Å²) in [7, 11) is 3.50. The molecule has 0 unspecified atom stereocenters. The number of carbonyl (C=O) groups is 1. The number of hydrogen-bond donors (Lipinski definition) is 3. The number of likely N-dealkylation sites (N-methyl/N-ethyl adjacent to an activating group) is 1. The van der Waals surface area contributed by atoms with Gasteiger partial charge in [-0.15, -0.1) is 0 Å². The molecule has 7 nitrogen and oxygen atoms in total. The molecule has 162 valence electrons. The zero-order valence-corrected chi connectivity index (χ0v) is 17.4. The van der Waals surface area contributed by atoms with Gasteiger partial charge < -0.3 is 25.0 Å². The highest BCUT2D eigenvalue weighted by atomic mass is 16.5. The molecule has 1 fully saturated rings. The Balaban J connectivity index is 1.61. The van der Waals surface area contributed by atoms with E-state index in [0.717, 1.165) is 13.0 Å². The molecule has 0 bridgehead atoms. The number of ether oxygens (including phenoxy) is 2. The van der Waals surface area contributed by atoms with Gasteiger partial charge >= 0.3 is 0 Å². The van der Waals surface area contributed by atoms with Gasteiger partial charge in [-0.05, 0) is 43.3 Å². The summed E-state index contributed by atoms with van der Waals surface area (Å²) in [5, 5.41) is 23.1. The molecule has 0 saturated carbocycles. The van der Waals surface area contributed by atoms with Crippen LogP contribution in [0.2, 0.25) is 0 Å². The van der Waals surface area contributed by atoms with E-state index in [1.54, 1.807) is 31.4 Å². The van der Waals surface area contributed by atoms with Crippen molar-refractivity contribution in [3.8, 4) is 5.75 Å². The van der Waals surface area contributed by atoms with E-state index in [0.29, 0.717) is 11.3 Å². The highest BCUT2D eigenvalue weighted by molar-refractivity contribution is 5.94. The van der Waals surface area contributed by atoms with Crippen LogP contribution in [0.5, 0.6) is 5.75 Å². The Morgan fingerprint density at radius 1 is 1.13 bits per heavy atom. The van der Waals surface area contributed by atoms with Gasteiger partial charge in [-0.2, -0.15) is 0 Å². The van der Waals surface area contributed by atoms with E-state index in [2.05, 4.69) is 17.4 Å². The lowest BCUT2D eigenvalue weighted by molar-refractivity contribution is -0.0209. The van der Waals surface area contributed by atoms with Gasteiger partial charge in [-0.1, -0.05) is 30.3 Å². The molecule has 1 saturated heterocycles. The maximum absolute atomic E-state index is 12.5. The number of carbonyl (C=O) groups excluding carboxylic acids is 1. The molecule has 2 aromatic carbocycles. The molecule has 1 aliphatic rings. The molecule has 30 heavy (non-hydrogen) atoms. The first-order valence-corrected chi connectivity index (χ1v) is 10.1. The van der Waals surface area contributed by atoms with Crippen molar-refractivity contribution in [1.82, 2.24) is 10.2 Å². The minimum absolute atomic E-state index is 0.228. The van der Waals surface area contributed by atoms with Crippen LogP contribution < -0.4 is 10.1 Å². The van der Waals surface area contributed by atoms with Crippen LogP contribution in [0.3, 0.4) is 0 Å². The molecule has 0 aliphatic carbocycles. The number of aliphatic hydroxyl groups is 2. The molecule has 4 atom stereocenters. The van der Waals surface area contributed by atoms with Crippen molar-refractivity contribution in [3.05, 3.63) is 65.7 Å². The summed E-state index contributed by atoms with van der Waals surface area (Å²) in [4.78, 5) is 14.5. The number of rotatable bonds is 9. The van der Waals surface area contributed by atoms with Crippen LogP contribution in [0.15, 0.2) is 54.6 Å². The van der Waals surface area contributed by atoms with Crippen LogP contribution >= 0.6 is 0 Å². The predicted octanol–water partition coefficient (Wildman–Crippen LogP) is 1.09. The molecule has 1 aliphatic heterocycles. The number of nitrogens with one attached hydrogen (secondary N) is 1. The quantitative estimate of drug-likeness (QED) is 0.569. The highest BCUT2D eigenvalue weighted by Crippen LogP contribution is 2.25. The van der Waals surface area contributed by atoms with E-state index in [1.165, 1.54) is 5.56 Å². The van der Waals surface area contributed by atoms with Crippen molar-refractivity contribution in [2.24, 2.45) is 0 Å². The normalized spacial score (nSPS) is 23.5. The summed E-state index contributed by atoms with van der Waals surface area (Å²) in [5.41, 5.74) is 1.72. The van der Waals surface area contributed by atoms with Crippen LogP contribution in [-0.2, 0) is 11.2 Å². The van der Waals surface area contributed by atoms with Gasteiger partial charge in [0.05, 0.1) is 25.9 Å².